The number of nitrogens with zero attached hydrogens (tertiary/aromatic N) is 1. The van der Waals surface area contributed by atoms with Crippen LogP contribution in [0.15, 0.2) is 0 Å². The van der Waals surface area contributed by atoms with E-state index >= 15 is 0 Å². The summed E-state index contributed by atoms with van der Waals surface area (Å²) in [5.41, 5.74) is 0. The molecule has 0 amide bonds. The molecule has 0 atom stereocenters. The van der Waals surface area contributed by atoms with Gasteiger partial charge in [-0.05, 0) is 31.6 Å². The van der Waals surface area contributed by atoms with Gasteiger partial charge in [0.05, 0.1) is 6.61 Å². The van der Waals surface area contributed by atoms with Gasteiger partial charge in [0.15, 0.2) is 0 Å². The summed E-state index contributed by atoms with van der Waals surface area (Å²) in [7, 11) is 0. The maximum absolute atomic E-state index is 5.80. The number of rotatable bonds is 3. The highest BCUT2D eigenvalue weighted by atomic mass is 16.7. The van der Waals surface area contributed by atoms with Crippen LogP contribution in [0.25, 0.3) is 0 Å². The second kappa shape index (κ2) is 4.97. The Balaban J connectivity index is 1.60. The van der Waals surface area contributed by atoms with E-state index in [1.54, 1.807) is 0 Å². The lowest BCUT2D eigenvalue weighted by Gasteiger charge is -2.26. The fraction of sp³-hybridized carbons (Fsp3) is 1.00. The van der Waals surface area contributed by atoms with Gasteiger partial charge in [-0.2, -0.15) is 5.06 Å². The van der Waals surface area contributed by atoms with E-state index in [9.17, 15) is 0 Å². The summed E-state index contributed by atoms with van der Waals surface area (Å²) in [6.45, 7) is 3.30. The molecule has 1 aliphatic heterocycles. The van der Waals surface area contributed by atoms with Crippen LogP contribution < -0.4 is 0 Å². The highest BCUT2D eigenvalue weighted by Gasteiger charge is 2.17. The molecule has 0 aromatic rings. The van der Waals surface area contributed by atoms with Crippen LogP contribution in [0, 0.1) is 5.92 Å². The summed E-state index contributed by atoms with van der Waals surface area (Å²) < 4.78 is 0. The normalized spacial score (nSPS) is 26.8. The average molecular weight is 183 g/mol. The molecular weight excluding hydrogens is 162 g/mol. The molecule has 1 heterocycles. The lowest BCUT2D eigenvalue weighted by Crippen LogP contribution is -2.31. The van der Waals surface area contributed by atoms with Crippen LogP contribution in [0.2, 0.25) is 0 Å². The Labute approximate surface area is 81.2 Å². The van der Waals surface area contributed by atoms with Crippen molar-refractivity contribution in [3.8, 4) is 0 Å². The van der Waals surface area contributed by atoms with Gasteiger partial charge in [-0.3, -0.25) is 4.84 Å². The minimum absolute atomic E-state index is 0.863. The Morgan fingerprint density at radius 2 is 1.62 bits per heavy atom. The molecule has 2 fully saturated rings. The summed E-state index contributed by atoms with van der Waals surface area (Å²) in [6.07, 6.45) is 9.68. The van der Waals surface area contributed by atoms with Gasteiger partial charge in [-0.25, -0.2) is 0 Å². The summed E-state index contributed by atoms with van der Waals surface area (Å²) >= 11 is 0. The van der Waals surface area contributed by atoms with Gasteiger partial charge in [-0.15, -0.1) is 0 Å². The first-order valence-corrected chi connectivity index (χ1v) is 5.83. The number of piperidine rings is 1. The van der Waals surface area contributed by atoms with E-state index in [4.69, 9.17) is 4.84 Å². The fourth-order valence-corrected chi connectivity index (χ4v) is 2.38. The Kier molecular flexibility index (Phi) is 3.62. The van der Waals surface area contributed by atoms with E-state index in [0.717, 1.165) is 25.6 Å². The highest BCUT2D eigenvalue weighted by molar-refractivity contribution is 4.66. The van der Waals surface area contributed by atoms with E-state index in [1.165, 1.54) is 44.9 Å². The zero-order chi connectivity index (χ0) is 8.93. The first-order valence-electron chi connectivity index (χ1n) is 5.83. The van der Waals surface area contributed by atoms with Crippen LogP contribution in [-0.4, -0.2) is 24.8 Å². The second-order valence-corrected chi connectivity index (χ2v) is 4.44. The molecule has 1 saturated carbocycles. The van der Waals surface area contributed by atoms with Gasteiger partial charge in [0, 0.05) is 13.1 Å². The minimum atomic E-state index is 0.863. The second-order valence-electron chi connectivity index (χ2n) is 4.44. The predicted octanol–water partition coefficient (Wildman–Crippen LogP) is 2.59. The molecule has 2 nitrogen and oxygen atoms in total. The van der Waals surface area contributed by atoms with Gasteiger partial charge < -0.3 is 0 Å². The average Bonchev–Trinajstić information content (AvgIpc) is 2.69. The summed E-state index contributed by atoms with van der Waals surface area (Å²) in [5.74, 6) is 0.863. The molecule has 0 N–H and O–H groups in total. The molecule has 0 spiro atoms. The van der Waals surface area contributed by atoms with Gasteiger partial charge in [-0.1, -0.05) is 19.3 Å². The molecule has 1 aliphatic carbocycles. The number of hydrogen-bond donors (Lipinski definition) is 0. The zero-order valence-electron chi connectivity index (χ0n) is 8.50. The first kappa shape index (κ1) is 9.47. The van der Waals surface area contributed by atoms with Crippen molar-refractivity contribution < 1.29 is 4.84 Å². The third kappa shape index (κ3) is 2.96. The molecule has 76 valence electrons. The SMILES string of the molecule is C1CCN(OCC2CCCC2)CC1. The van der Waals surface area contributed by atoms with Crippen LogP contribution >= 0.6 is 0 Å². The Morgan fingerprint density at radius 1 is 0.923 bits per heavy atom. The van der Waals surface area contributed by atoms with Crippen molar-refractivity contribution in [1.29, 1.82) is 0 Å². The van der Waals surface area contributed by atoms with E-state index < -0.39 is 0 Å². The Hall–Kier alpha value is -0.0800. The fourth-order valence-electron chi connectivity index (χ4n) is 2.38. The summed E-state index contributed by atoms with van der Waals surface area (Å²) in [4.78, 5) is 5.80. The van der Waals surface area contributed by atoms with Gasteiger partial charge in [0.25, 0.3) is 0 Å². The third-order valence-electron chi connectivity index (χ3n) is 3.28. The molecule has 0 radical (unpaired) electrons. The van der Waals surface area contributed by atoms with Crippen LogP contribution in [-0.2, 0) is 4.84 Å². The van der Waals surface area contributed by atoms with Gasteiger partial charge >= 0.3 is 0 Å². The molecule has 1 saturated heterocycles. The van der Waals surface area contributed by atoms with E-state index in [0.29, 0.717) is 0 Å². The molecular formula is C11H21NO. The number of hydroxylamine groups is 2. The van der Waals surface area contributed by atoms with Crippen LogP contribution in [0.1, 0.15) is 44.9 Å². The third-order valence-corrected chi connectivity index (χ3v) is 3.28. The molecule has 2 heteroatoms. The van der Waals surface area contributed by atoms with Crippen LogP contribution in [0.4, 0.5) is 0 Å². The maximum Gasteiger partial charge on any atom is 0.0713 e. The summed E-state index contributed by atoms with van der Waals surface area (Å²) in [6, 6.07) is 0. The van der Waals surface area contributed by atoms with Crippen molar-refractivity contribution >= 4 is 0 Å². The Morgan fingerprint density at radius 3 is 2.31 bits per heavy atom. The molecule has 0 unspecified atom stereocenters. The van der Waals surface area contributed by atoms with Crippen molar-refractivity contribution in [3.05, 3.63) is 0 Å². The van der Waals surface area contributed by atoms with Crippen molar-refractivity contribution in [2.75, 3.05) is 19.7 Å². The van der Waals surface area contributed by atoms with Crippen molar-refractivity contribution in [3.63, 3.8) is 0 Å². The Bertz CT molecular complexity index is 137. The molecule has 0 bridgehead atoms. The topological polar surface area (TPSA) is 12.5 Å². The molecule has 0 aromatic heterocycles. The highest BCUT2D eigenvalue weighted by Crippen LogP contribution is 2.25. The largest absolute Gasteiger partial charge is 0.299 e. The van der Waals surface area contributed by atoms with Crippen molar-refractivity contribution in [2.24, 2.45) is 5.92 Å². The molecule has 2 rings (SSSR count). The standard InChI is InChI=1S/C11H21NO/c1-4-8-12(9-5-1)13-10-11-6-2-3-7-11/h11H,1-10H2. The predicted molar refractivity (Wildman–Crippen MR) is 53.3 cm³/mol. The zero-order valence-corrected chi connectivity index (χ0v) is 8.50. The maximum atomic E-state index is 5.80. The van der Waals surface area contributed by atoms with Gasteiger partial charge in [0.2, 0.25) is 0 Å². The lowest BCUT2D eigenvalue weighted by molar-refractivity contribution is -0.177. The number of hydrogen-bond acceptors (Lipinski definition) is 2. The van der Waals surface area contributed by atoms with E-state index in [2.05, 4.69) is 5.06 Å². The van der Waals surface area contributed by atoms with Crippen LogP contribution in [0.5, 0.6) is 0 Å². The smallest absolute Gasteiger partial charge is 0.0713 e. The van der Waals surface area contributed by atoms with Crippen LogP contribution in [0.3, 0.4) is 0 Å². The minimum Gasteiger partial charge on any atom is -0.299 e. The van der Waals surface area contributed by atoms with Crippen molar-refractivity contribution in [2.45, 2.75) is 44.9 Å². The van der Waals surface area contributed by atoms with E-state index in [-0.39, 0.29) is 0 Å². The quantitative estimate of drug-likeness (QED) is 0.667. The van der Waals surface area contributed by atoms with Gasteiger partial charge in [0.1, 0.15) is 0 Å². The lowest BCUT2D eigenvalue weighted by atomic mass is 10.1. The summed E-state index contributed by atoms with van der Waals surface area (Å²) in [5, 5.41) is 2.18. The van der Waals surface area contributed by atoms with E-state index in [1.807, 2.05) is 0 Å². The van der Waals surface area contributed by atoms with Crippen molar-refractivity contribution in [1.82, 2.24) is 5.06 Å². The molecule has 13 heavy (non-hydrogen) atoms. The monoisotopic (exact) mass is 183 g/mol. The molecule has 0 aromatic carbocycles. The molecule has 2 aliphatic rings. The first-order chi connectivity index (χ1) is 6.45.